The molecule has 0 unspecified atom stereocenters. The lowest BCUT2D eigenvalue weighted by Crippen LogP contribution is -2.39. The topological polar surface area (TPSA) is 64.9 Å². The molecule has 1 aromatic carbocycles. The first kappa shape index (κ1) is 13.7. The summed E-state index contributed by atoms with van der Waals surface area (Å²) in [5.74, 6) is 0.645. The molecule has 0 atom stereocenters. The number of hydrogen-bond acceptors (Lipinski definition) is 4. The number of nitrogens with zero attached hydrogens (tertiary/aromatic N) is 2. The van der Waals surface area contributed by atoms with Crippen molar-refractivity contribution in [2.45, 2.75) is 25.7 Å². The van der Waals surface area contributed by atoms with Gasteiger partial charge in [-0.25, -0.2) is 4.39 Å². The lowest BCUT2D eigenvalue weighted by atomic mass is 9.67. The van der Waals surface area contributed by atoms with Gasteiger partial charge in [-0.1, -0.05) is 27.5 Å². The second-order valence-corrected chi connectivity index (χ2v) is 6.22. The molecule has 0 radical (unpaired) electrons. The van der Waals surface area contributed by atoms with Gasteiger partial charge in [-0.15, -0.1) is 0 Å². The number of aromatic nitrogens is 2. The highest BCUT2D eigenvalue weighted by molar-refractivity contribution is 9.10. The number of rotatable bonds is 4. The maximum atomic E-state index is 13.3. The summed E-state index contributed by atoms with van der Waals surface area (Å²) in [4.78, 5) is 4.37. The summed E-state index contributed by atoms with van der Waals surface area (Å²) < 4.78 is 19.3. The van der Waals surface area contributed by atoms with Gasteiger partial charge in [0.25, 0.3) is 0 Å². The second-order valence-electron chi connectivity index (χ2n) is 5.37. The summed E-state index contributed by atoms with van der Waals surface area (Å²) in [5.41, 5.74) is 6.54. The molecule has 0 saturated heterocycles. The molecule has 0 amide bonds. The highest BCUT2D eigenvalue weighted by Crippen LogP contribution is 2.42. The standard InChI is InChI=1S/C14H15BrFN3O/c15-11-3-2-9(16)6-10(11)13-18-12(20-19-13)7-14(8-17)4-1-5-14/h2-3,6H,1,4-5,7-8,17H2. The summed E-state index contributed by atoms with van der Waals surface area (Å²) in [7, 11) is 0. The van der Waals surface area contributed by atoms with E-state index in [4.69, 9.17) is 10.3 Å². The van der Waals surface area contributed by atoms with Gasteiger partial charge in [0.15, 0.2) is 0 Å². The fraction of sp³-hybridized carbons (Fsp3) is 0.429. The largest absolute Gasteiger partial charge is 0.339 e. The zero-order chi connectivity index (χ0) is 14.2. The van der Waals surface area contributed by atoms with Crippen molar-refractivity contribution < 1.29 is 8.91 Å². The molecule has 0 bridgehead atoms. The van der Waals surface area contributed by atoms with Crippen LogP contribution < -0.4 is 5.73 Å². The Balaban J connectivity index is 1.85. The van der Waals surface area contributed by atoms with E-state index >= 15 is 0 Å². The molecule has 0 spiro atoms. The molecular weight excluding hydrogens is 325 g/mol. The Kier molecular flexibility index (Phi) is 3.60. The van der Waals surface area contributed by atoms with Gasteiger partial charge in [0.1, 0.15) is 5.82 Å². The van der Waals surface area contributed by atoms with Crippen molar-refractivity contribution in [2.75, 3.05) is 6.54 Å². The van der Waals surface area contributed by atoms with Crippen molar-refractivity contribution >= 4 is 15.9 Å². The third kappa shape index (κ3) is 2.50. The van der Waals surface area contributed by atoms with E-state index < -0.39 is 0 Å². The highest BCUT2D eigenvalue weighted by Gasteiger charge is 2.37. The van der Waals surface area contributed by atoms with Gasteiger partial charge in [0.2, 0.25) is 11.7 Å². The quantitative estimate of drug-likeness (QED) is 0.927. The molecule has 106 valence electrons. The van der Waals surface area contributed by atoms with Crippen LogP contribution in [0.15, 0.2) is 27.2 Å². The Bertz CT molecular complexity index is 619. The van der Waals surface area contributed by atoms with E-state index in [1.807, 2.05) is 0 Å². The third-order valence-electron chi connectivity index (χ3n) is 4.01. The molecule has 0 aliphatic heterocycles. The Morgan fingerprint density at radius 3 is 2.85 bits per heavy atom. The Morgan fingerprint density at radius 1 is 1.40 bits per heavy atom. The van der Waals surface area contributed by atoms with Crippen LogP contribution >= 0.6 is 15.9 Å². The third-order valence-corrected chi connectivity index (χ3v) is 4.70. The average Bonchev–Trinajstić information content (AvgIpc) is 2.85. The van der Waals surface area contributed by atoms with Crippen molar-refractivity contribution in [3.63, 3.8) is 0 Å². The molecule has 1 aromatic heterocycles. The predicted molar refractivity (Wildman–Crippen MR) is 76.4 cm³/mol. The van der Waals surface area contributed by atoms with Crippen LogP contribution in [0.1, 0.15) is 25.2 Å². The van der Waals surface area contributed by atoms with Crippen LogP contribution in [0.3, 0.4) is 0 Å². The monoisotopic (exact) mass is 339 g/mol. The molecule has 20 heavy (non-hydrogen) atoms. The minimum Gasteiger partial charge on any atom is -0.339 e. The van der Waals surface area contributed by atoms with Gasteiger partial charge in [-0.05, 0) is 43.0 Å². The van der Waals surface area contributed by atoms with E-state index in [0.29, 0.717) is 30.2 Å². The van der Waals surface area contributed by atoms with E-state index in [0.717, 1.165) is 17.3 Å². The lowest BCUT2D eigenvalue weighted by Gasteiger charge is -2.39. The zero-order valence-corrected chi connectivity index (χ0v) is 12.5. The van der Waals surface area contributed by atoms with Gasteiger partial charge < -0.3 is 10.3 Å². The summed E-state index contributed by atoms with van der Waals surface area (Å²) >= 11 is 3.37. The van der Waals surface area contributed by atoms with Crippen molar-refractivity contribution in [1.29, 1.82) is 0 Å². The molecule has 6 heteroatoms. The van der Waals surface area contributed by atoms with Crippen LogP contribution in [0.2, 0.25) is 0 Å². The van der Waals surface area contributed by atoms with Crippen molar-refractivity contribution in [2.24, 2.45) is 11.1 Å². The van der Waals surface area contributed by atoms with Gasteiger partial charge in [-0.3, -0.25) is 0 Å². The number of nitrogens with two attached hydrogens (primary N) is 1. The fourth-order valence-electron chi connectivity index (χ4n) is 2.56. The Labute approximate surface area is 124 Å². The first-order valence-electron chi connectivity index (χ1n) is 6.60. The SMILES string of the molecule is NCC1(Cc2nc(-c3cc(F)ccc3Br)no2)CCC1. The molecule has 1 aliphatic rings. The van der Waals surface area contributed by atoms with Crippen LogP contribution in [-0.4, -0.2) is 16.7 Å². The normalized spacial score (nSPS) is 16.9. The van der Waals surface area contributed by atoms with Crippen LogP contribution in [0.4, 0.5) is 4.39 Å². The first-order valence-corrected chi connectivity index (χ1v) is 7.39. The number of hydrogen-bond donors (Lipinski definition) is 1. The van der Waals surface area contributed by atoms with E-state index in [1.54, 1.807) is 6.07 Å². The van der Waals surface area contributed by atoms with Gasteiger partial charge >= 0.3 is 0 Å². The first-order chi connectivity index (χ1) is 9.62. The van der Waals surface area contributed by atoms with Crippen molar-refractivity contribution in [1.82, 2.24) is 10.1 Å². The van der Waals surface area contributed by atoms with Crippen LogP contribution in [-0.2, 0) is 6.42 Å². The van der Waals surface area contributed by atoms with E-state index in [9.17, 15) is 4.39 Å². The van der Waals surface area contributed by atoms with Crippen molar-refractivity contribution in [3.8, 4) is 11.4 Å². The van der Waals surface area contributed by atoms with Crippen LogP contribution in [0.25, 0.3) is 11.4 Å². The maximum absolute atomic E-state index is 13.3. The molecule has 4 nitrogen and oxygen atoms in total. The molecule has 1 saturated carbocycles. The summed E-state index contributed by atoms with van der Waals surface area (Å²) in [6, 6.07) is 4.40. The average molecular weight is 340 g/mol. The lowest BCUT2D eigenvalue weighted by molar-refractivity contribution is 0.129. The molecule has 3 rings (SSSR count). The highest BCUT2D eigenvalue weighted by atomic mass is 79.9. The molecule has 2 N–H and O–H groups in total. The van der Waals surface area contributed by atoms with E-state index in [-0.39, 0.29) is 11.2 Å². The van der Waals surface area contributed by atoms with Crippen LogP contribution in [0.5, 0.6) is 0 Å². The second kappa shape index (κ2) is 5.26. The molecule has 1 aliphatic carbocycles. The van der Waals surface area contributed by atoms with Gasteiger partial charge in [0.05, 0.1) is 0 Å². The molecular formula is C14H15BrFN3O. The Morgan fingerprint density at radius 2 is 2.20 bits per heavy atom. The summed E-state index contributed by atoms with van der Waals surface area (Å²) in [5, 5.41) is 3.94. The minimum atomic E-state index is -0.327. The van der Waals surface area contributed by atoms with E-state index in [2.05, 4.69) is 26.1 Å². The zero-order valence-electron chi connectivity index (χ0n) is 10.9. The van der Waals surface area contributed by atoms with Crippen LogP contribution in [0, 0.1) is 11.2 Å². The number of benzene rings is 1. The maximum Gasteiger partial charge on any atom is 0.227 e. The van der Waals surface area contributed by atoms with E-state index in [1.165, 1.54) is 18.6 Å². The fourth-order valence-corrected chi connectivity index (χ4v) is 2.98. The smallest absolute Gasteiger partial charge is 0.227 e. The van der Waals surface area contributed by atoms with Gasteiger partial charge in [-0.2, -0.15) is 4.98 Å². The molecule has 1 fully saturated rings. The Hall–Kier alpha value is -1.27. The molecule has 2 aromatic rings. The molecule has 1 heterocycles. The number of halogens is 2. The summed E-state index contributed by atoms with van der Waals surface area (Å²) in [6.45, 7) is 0.633. The van der Waals surface area contributed by atoms with Crippen molar-refractivity contribution in [3.05, 3.63) is 34.4 Å². The summed E-state index contributed by atoms with van der Waals surface area (Å²) in [6.07, 6.45) is 4.10. The minimum absolute atomic E-state index is 0.114. The van der Waals surface area contributed by atoms with Gasteiger partial charge in [0, 0.05) is 16.5 Å². The predicted octanol–water partition coefficient (Wildman–Crippen LogP) is 3.31.